The number of aryl methyl sites for hydroxylation is 2. The van der Waals surface area contributed by atoms with Crippen LogP contribution >= 0.6 is 22.9 Å². The van der Waals surface area contributed by atoms with Crippen LogP contribution in [0.1, 0.15) is 43.6 Å². The third-order valence-corrected chi connectivity index (χ3v) is 6.48. The highest BCUT2D eigenvalue weighted by Crippen LogP contribution is 2.34. The van der Waals surface area contributed by atoms with Gasteiger partial charge in [0.2, 0.25) is 0 Å². The summed E-state index contributed by atoms with van der Waals surface area (Å²) in [5.74, 6) is -1.00. The van der Waals surface area contributed by atoms with Crippen LogP contribution in [0.25, 0.3) is 0 Å². The Hall–Kier alpha value is -3.36. The summed E-state index contributed by atoms with van der Waals surface area (Å²) in [5, 5.41) is 6.34. The smallest absolute Gasteiger partial charge is 0.348 e. The summed E-state index contributed by atoms with van der Waals surface area (Å²) in [7, 11) is 0. The van der Waals surface area contributed by atoms with Crippen molar-refractivity contribution in [1.82, 2.24) is 0 Å². The number of benzene rings is 2. The fraction of sp³-hybridized carbons (Fsp3) is 0.240. The summed E-state index contributed by atoms with van der Waals surface area (Å²) >= 11 is 6.85. The minimum atomic E-state index is -0.553. The zero-order valence-electron chi connectivity index (χ0n) is 19.3. The number of hydrogen-bond donors (Lipinski definition) is 2. The van der Waals surface area contributed by atoms with E-state index in [1.54, 1.807) is 44.2 Å². The normalized spacial score (nSPS) is 10.5. The number of rotatable bonds is 8. The number of carbonyl (C=O) groups is 3. The number of anilines is 2. The number of amides is 2. The molecule has 0 unspecified atom stereocenters. The summed E-state index contributed by atoms with van der Waals surface area (Å²) < 4.78 is 10.6. The molecule has 1 heterocycles. The van der Waals surface area contributed by atoms with Gasteiger partial charge in [-0.15, -0.1) is 11.3 Å². The van der Waals surface area contributed by atoms with Crippen molar-refractivity contribution in [3.8, 4) is 5.75 Å². The molecule has 0 radical (unpaired) electrons. The van der Waals surface area contributed by atoms with Crippen LogP contribution in [0, 0.1) is 20.8 Å². The quantitative estimate of drug-likeness (QED) is 0.383. The summed E-state index contributed by atoms with van der Waals surface area (Å²) in [4.78, 5) is 38.4. The van der Waals surface area contributed by atoms with Gasteiger partial charge in [-0.05, 0) is 80.8 Å². The zero-order valence-corrected chi connectivity index (χ0v) is 20.9. The zero-order chi connectivity index (χ0) is 24.8. The summed E-state index contributed by atoms with van der Waals surface area (Å²) in [6.45, 7) is 7.19. The van der Waals surface area contributed by atoms with E-state index in [1.165, 1.54) is 0 Å². The molecule has 9 heteroatoms. The Kier molecular flexibility index (Phi) is 8.31. The molecular formula is C25H25ClN2O5S. The number of ether oxygens (including phenoxy) is 2. The monoisotopic (exact) mass is 500 g/mol. The van der Waals surface area contributed by atoms with E-state index in [1.807, 2.05) is 26.0 Å². The van der Waals surface area contributed by atoms with Crippen molar-refractivity contribution in [1.29, 1.82) is 0 Å². The second-order valence-electron chi connectivity index (χ2n) is 7.52. The Morgan fingerprint density at radius 3 is 2.32 bits per heavy atom. The van der Waals surface area contributed by atoms with Crippen LogP contribution in [0.5, 0.6) is 5.75 Å². The lowest BCUT2D eigenvalue weighted by Crippen LogP contribution is -2.22. The van der Waals surface area contributed by atoms with Crippen molar-refractivity contribution in [3.05, 3.63) is 74.6 Å². The third kappa shape index (κ3) is 6.15. The molecule has 0 atom stereocenters. The van der Waals surface area contributed by atoms with Gasteiger partial charge in [0, 0.05) is 10.7 Å². The highest BCUT2D eigenvalue weighted by atomic mass is 35.5. The Labute approximate surface area is 207 Å². The van der Waals surface area contributed by atoms with Gasteiger partial charge in [0.25, 0.3) is 11.8 Å². The molecule has 0 saturated carbocycles. The van der Waals surface area contributed by atoms with E-state index >= 15 is 0 Å². The molecule has 0 saturated heterocycles. The lowest BCUT2D eigenvalue weighted by Gasteiger charge is -2.11. The molecule has 0 aliphatic rings. The fourth-order valence-corrected chi connectivity index (χ4v) is 4.36. The van der Waals surface area contributed by atoms with Crippen LogP contribution in [0.2, 0.25) is 5.02 Å². The van der Waals surface area contributed by atoms with Gasteiger partial charge in [-0.2, -0.15) is 0 Å². The molecule has 178 valence electrons. The second-order valence-corrected chi connectivity index (χ2v) is 8.98. The molecular weight excluding hydrogens is 476 g/mol. The highest BCUT2D eigenvalue weighted by molar-refractivity contribution is 7.18. The van der Waals surface area contributed by atoms with Crippen LogP contribution in [0.3, 0.4) is 0 Å². The van der Waals surface area contributed by atoms with Crippen molar-refractivity contribution >= 4 is 51.4 Å². The molecule has 0 spiro atoms. The van der Waals surface area contributed by atoms with Crippen molar-refractivity contribution in [2.75, 3.05) is 23.8 Å². The van der Waals surface area contributed by atoms with Crippen molar-refractivity contribution < 1.29 is 23.9 Å². The highest BCUT2D eigenvalue weighted by Gasteiger charge is 2.26. The topological polar surface area (TPSA) is 93.7 Å². The van der Waals surface area contributed by atoms with Crippen LogP contribution < -0.4 is 15.4 Å². The first kappa shape index (κ1) is 25.3. The Morgan fingerprint density at radius 2 is 1.68 bits per heavy atom. The van der Waals surface area contributed by atoms with Gasteiger partial charge in [-0.3, -0.25) is 9.59 Å². The predicted molar refractivity (Wildman–Crippen MR) is 134 cm³/mol. The lowest BCUT2D eigenvalue weighted by atomic mass is 10.1. The molecule has 0 aliphatic heterocycles. The predicted octanol–water partition coefficient (Wildman–Crippen LogP) is 5.77. The fourth-order valence-electron chi connectivity index (χ4n) is 3.12. The van der Waals surface area contributed by atoms with Gasteiger partial charge in [-0.1, -0.05) is 17.7 Å². The number of thiophene rings is 1. The van der Waals surface area contributed by atoms with E-state index in [0.717, 1.165) is 22.5 Å². The molecule has 34 heavy (non-hydrogen) atoms. The largest absolute Gasteiger partial charge is 0.484 e. The first-order valence-electron chi connectivity index (χ1n) is 10.6. The summed E-state index contributed by atoms with van der Waals surface area (Å²) in [6, 6.07) is 12.2. The van der Waals surface area contributed by atoms with E-state index in [4.69, 9.17) is 21.1 Å². The molecule has 0 aliphatic carbocycles. The summed E-state index contributed by atoms with van der Waals surface area (Å²) in [5.41, 5.74) is 3.37. The standard InChI is InChI=1S/C25H25ClN2O5S/c1-5-32-25(31)22-16(4)21(23(30)27-18-9-6-14(2)15(3)12-18)24(34-22)28-20(29)13-33-19-10-7-17(26)8-11-19/h6-12H,5,13H2,1-4H3,(H,27,30)(H,28,29). The molecule has 3 rings (SSSR count). The molecule has 7 nitrogen and oxygen atoms in total. The van der Waals surface area contributed by atoms with E-state index in [9.17, 15) is 14.4 Å². The van der Waals surface area contributed by atoms with Gasteiger partial charge in [0.15, 0.2) is 6.61 Å². The second kappa shape index (κ2) is 11.2. The van der Waals surface area contributed by atoms with E-state index < -0.39 is 17.8 Å². The first-order chi connectivity index (χ1) is 16.2. The number of halogens is 1. The minimum absolute atomic E-state index is 0.191. The average molecular weight is 501 g/mol. The maximum absolute atomic E-state index is 13.2. The SMILES string of the molecule is CCOC(=O)c1sc(NC(=O)COc2ccc(Cl)cc2)c(C(=O)Nc2ccc(C)c(C)c2)c1C. The third-order valence-electron chi connectivity index (χ3n) is 5.04. The van der Waals surface area contributed by atoms with E-state index in [0.29, 0.717) is 22.0 Å². The molecule has 2 aromatic carbocycles. The molecule has 3 aromatic rings. The Morgan fingerprint density at radius 1 is 0.971 bits per heavy atom. The molecule has 2 amide bonds. The van der Waals surface area contributed by atoms with Crippen LogP contribution in [0.15, 0.2) is 42.5 Å². The number of hydrogen-bond acceptors (Lipinski definition) is 6. The maximum Gasteiger partial charge on any atom is 0.348 e. The Balaban J connectivity index is 1.83. The number of esters is 1. The van der Waals surface area contributed by atoms with E-state index in [-0.39, 0.29) is 28.7 Å². The van der Waals surface area contributed by atoms with E-state index in [2.05, 4.69) is 10.6 Å². The van der Waals surface area contributed by atoms with Gasteiger partial charge in [0.05, 0.1) is 12.2 Å². The number of carbonyl (C=O) groups excluding carboxylic acids is 3. The van der Waals surface area contributed by atoms with Crippen LogP contribution in [0.4, 0.5) is 10.7 Å². The van der Waals surface area contributed by atoms with Gasteiger partial charge in [0.1, 0.15) is 15.6 Å². The average Bonchev–Trinajstić information content (AvgIpc) is 3.12. The molecule has 1 aromatic heterocycles. The summed E-state index contributed by atoms with van der Waals surface area (Å²) in [6.07, 6.45) is 0. The van der Waals surface area contributed by atoms with Crippen molar-refractivity contribution in [3.63, 3.8) is 0 Å². The van der Waals surface area contributed by atoms with Crippen molar-refractivity contribution in [2.45, 2.75) is 27.7 Å². The molecule has 0 fully saturated rings. The lowest BCUT2D eigenvalue weighted by molar-refractivity contribution is -0.118. The van der Waals surface area contributed by atoms with Crippen molar-refractivity contribution in [2.24, 2.45) is 0 Å². The van der Waals surface area contributed by atoms with Crippen LogP contribution in [-0.2, 0) is 9.53 Å². The first-order valence-corrected chi connectivity index (χ1v) is 11.8. The van der Waals surface area contributed by atoms with Gasteiger partial charge < -0.3 is 20.1 Å². The maximum atomic E-state index is 13.2. The van der Waals surface area contributed by atoms with Crippen LogP contribution in [-0.4, -0.2) is 31.0 Å². The molecule has 0 bridgehead atoms. The Bertz CT molecular complexity index is 1220. The molecule has 2 N–H and O–H groups in total. The number of nitrogens with one attached hydrogen (secondary N) is 2. The minimum Gasteiger partial charge on any atom is -0.484 e. The van der Waals surface area contributed by atoms with Gasteiger partial charge in [-0.25, -0.2) is 4.79 Å². The van der Waals surface area contributed by atoms with Gasteiger partial charge >= 0.3 is 5.97 Å².